The Morgan fingerprint density at radius 1 is 1.27 bits per heavy atom. The Kier molecular flexibility index (Phi) is 6.70. The molecule has 0 aromatic heterocycles. The van der Waals surface area contributed by atoms with Gasteiger partial charge in [0.1, 0.15) is 6.04 Å². The quantitative estimate of drug-likeness (QED) is 0.577. The molecule has 0 spiro atoms. The third kappa shape index (κ3) is 5.37. The molecule has 0 aliphatic rings. The number of hydrogen-bond donors (Lipinski definition) is 3. The van der Waals surface area contributed by atoms with Gasteiger partial charge in [0.25, 0.3) is 0 Å². The van der Waals surface area contributed by atoms with Crippen LogP contribution in [0.5, 0.6) is 0 Å². The summed E-state index contributed by atoms with van der Waals surface area (Å²) in [6, 6.07) is -1.42. The first-order valence-corrected chi connectivity index (χ1v) is 5.31. The zero-order valence-electron chi connectivity index (χ0n) is 9.32. The fourth-order valence-corrected chi connectivity index (χ4v) is 1.27. The lowest BCUT2D eigenvalue weighted by molar-refractivity contribution is -0.142. The summed E-state index contributed by atoms with van der Waals surface area (Å²) >= 11 is 0. The van der Waals surface area contributed by atoms with Gasteiger partial charge in [-0.05, 0) is 12.8 Å². The number of nitrogens with one attached hydrogen (secondary N) is 1. The van der Waals surface area contributed by atoms with Gasteiger partial charge in [0.05, 0.1) is 6.04 Å². The molecule has 0 radical (unpaired) electrons. The third-order valence-electron chi connectivity index (χ3n) is 2.13. The van der Waals surface area contributed by atoms with Crippen molar-refractivity contribution >= 4 is 11.9 Å². The van der Waals surface area contributed by atoms with Crippen molar-refractivity contribution in [3.63, 3.8) is 0 Å². The van der Waals surface area contributed by atoms with Gasteiger partial charge in [-0.15, -0.1) is 0 Å². The predicted molar refractivity (Wildman–Crippen MR) is 57.4 cm³/mol. The van der Waals surface area contributed by atoms with Gasteiger partial charge in [-0.1, -0.05) is 26.7 Å². The molecule has 5 heteroatoms. The van der Waals surface area contributed by atoms with Gasteiger partial charge in [-0.3, -0.25) is 4.79 Å². The second-order valence-corrected chi connectivity index (χ2v) is 3.58. The molecule has 0 aromatic rings. The lowest BCUT2D eigenvalue weighted by Gasteiger charge is -2.16. The maximum Gasteiger partial charge on any atom is 0.326 e. The summed E-state index contributed by atoms with van der Waals surface area (Å²) < 4.78 is 0. The van der Waals surface area contributed by atoms with Crippen molar-refractivity contribution in [3.05, 3.63) is 0 Å². The standard InChI is InChI=1S/C10H20N2O3/c1-3-5-7(11)9(13)12-8(6-4-2)10(14)15/h7-8H,3-6,11H2,1-2H3,(H,12,13)(H,14,15). The van der Waals surface area contributed by atoms with E-state index in [1.165, 1.54) is 0 Å². The van der Waals surface area contributed by atoms with E-state index in [0.29, 0.717) is 19.3 Å². The average molecular weight is 216 g/mol. The van der Waals surface area contributed by atoms with Crippen molar-refractivity contribution in [2.45, 2.75) is 51.6 Å². The second-order valence-electron chi connectivity index (χ2n) is 3.58. The third-order valence-corrected chi connectivity index (χ3v) is 2.13. The molecule has 2 atom stereocenters. The van der Waals surface area contributed by atoms with Crippen molar-refractivity contribution in [3.8, 4) is 0 Å². The van der Waals surface area contributed by atoms with E-state index in [1.54, 1.807) is 0 Å². The SMILES string of the molecule is CCCC(N)C(=O)NC(CCC)C(=O)O. The van der Waals surface area contributed by atoms with Gasteiger partial charge >= 0.3 is 5.97 Å². The Hall–Kier alpha value is -1.10. The topological polar surface area (TPSA) is 92.4 Å². The van der Waals surface area contributed by atoms with E-state index in [2.05, 4.69) is 5.32 Å². The number of rotatable bonds is 7. The molecule has 0 aliphatic heterocycles. The number of carbonyl (C=O) groups excluding carboxylic acids is 1. The van der Waals surface area contributed by atoms with Gasteiger partial charge in [-0.2, -0.15) is 0 Å². The minimum Gasteiger partial charge on any atom is -0.480 e. The van der Waals surface area contributed by atoms with Gasteiger partial charge in [0.2, 0.25) is 5.91 Å². The summed E-state index contributed by atoms with van der Waals surface area (Å²) in [7, 11) is 0. The van der Waals surface area contributed by atoms with Gasteiger partial charge in [0, 0.05) is 0 Å². The van der Waals surface area contributed by atoms with Crippen LogP contribution in [-0.2, 0) is 9.59 Å². The summed E-state index contributed by atoms with van der Waals surface area (Å²) in [4.78, 5) is 22.2. The van der Waals surface area contributed by atoms with E-state index in [4.69, 9.17) is 10.8 Å². The highest BCUT2D eigenvalue weighted by atomic mass is 16.4. The Morgan fingerprint density at radius 3 is 2.20 bits per heavy atom. The molecule has 0 aromatic carbocycles. The van der Waals surface area contributed by atoms with Crippen LogP contribution in [0.4, 0.5) is 0 Å². The summed E-state index contributed by atoms with van der Waals surface area (Å²) in [5.41, 5.74) is 5.57. The summed E-state index contributed by atoms with van der Waals surface area (Å²) in [6.07, 6.45) is 2.52. The van der Waals surface area contributed by atoms with Crippen LogP contribution < -0.4 is 11.1 Å². The van der Waals surface area contributed by atoms with E-state index in [9.17, 15) is 9.59 Å². The van der Waals surface area contributed by atoms with Crippen LogP contribution in [0, 0.1) is 0 Å². The number of amides is 1. The first-order valence-electron chi connectivity index (χ1n) is 5.31. The van der Waals surface area contributed by atoms with Crippen LogP contribution in [0.25, 0.3) is 0 Å². The zero-order chi connectivity index (χ0) is 11.8. The molecule has 4 N–H and O–H groups in total. The number of carboxylic acids is 1. The van der Waals surface area contributed by atoms with E-state index < -0.39 is 18.1 Å². The molecular formula is C10H20N2O3. The lowest BCUT2D eigenvalue weighted by atomic mass is 10.1. The van der Waals surface area contributed by atoms with Crippen LogP contribution in [0.15, 0.2) is 0 Å². The summed E-state index contributed by atoms with van der Waals surface area (Å²) in [6.45, 7) is 3.79. The fourth-order valence-electron chi connectivity index (χ4n) is 1.27. The van der Waals surface area contributed by atoms with E-state index in [1.807, 2.05) is 13.8 Å². The molecule has 2 unspecified atom stereocenters. The fraction of sp³-hybridized carbons (Fsp3) is 0.800. The van der Waals surface area contributed by atoms with Gasteiger partial charge < -0.3 is 16.2 Å². The Balaban J connectivity index is 4.15. The van der Waals surface area contributed by atoms with Gasteiger partial charge in [0.15, 0.2) is 0 Å². The highest BCUT2D eigenvalue weighted by molar-refractivity contribution is 5.86. The molecule has 0 aliphatic carbocycles. The molecule has 0 saturated heterocycles. The van der Waals surface area contributed by atoms with E-state index >= 15 is 0 Å². The molecule has 0 heterocycles. The van der Waals surface area contributed by atoms with Crippen molar-refractivity contribution in [2.75, 3.05) is 0 Å². The molecule has 15 heavy (non-hydrogen) atoms. The van der Waals surface area contributed by atoms with E-state index in [-0.39, 0.29) is 5.91 Å². The molecule has 5 nitrogen and oxygen atoms in total. The van der Waals surface area contributed by atoms with Crippen LogP contribution in [0.1, 0.15) is 39.5 Å². The molecular weight excluding hydrogens is 196 g/mol. The lowest BCUT2D eigenvalue weighted by Crippen LogP contribution is -2.48. The average Bonchev–Trinajstić information content (AvgIpc) is 2.17. The maximum absolute atomic E-state index is 11.4. The number of nitrogens with two attached hydrogens (primary N) is 1. The van der Waals surface area contributed by atoms with Crippen LogP contribution in [0.2, 0.25) is 0 Å². The van der Waals surface area contributed by atoms with Crippen molar-refractivity contribution in [1.82, 2.24) is 5.32 Å². The zero-order valence-corrected chi connectivity index (χ0v) is 9.32. The monoisotopic (exact) mass is 216 g/mol. The largest absolute Gasteiger partial charge is 0.480 e. The predicted octanol–water partition coefficient (Wildman–Crippen LogP) is 0.483. The van der Waals surface area contributed by atoms with Gasteiger partial charge in [-0.25, -0.2) is 4.79 Å². The molecule has 0 rings (SSSR count). The van der Waals surface area contributed by atoms with Crippen LogP contribution >= 0.6 is 0 Å². The minimum atomic E-state index is -1.01. The first-order chi connectivity index (χ1) is 7.02. The van der Waals surface area contributed by atoms with Crippen molar-refractivity contribution in [1.29, 1.82) is 0 Å². The number of carboxylic acid groups (broad SMARTS) is 1. The smallest absolute Gasteiger partial charge is 0.326 e. The Morgan fingerprint density at radius 2 is 1.80 bits per heavy atom. The summed E-state index contributed by atoms with van der Waals surface area (Å²) in [5.74, 6) is -1.38. The highest BCUT2D eigenvalue weighted by Gasteiger charge is 2.21. The second kappa shape index (κ2) is 7.23. The summed E-state index contributed by atoms with van der Waals surface area (Å²) in [5, 5.41) is 11.2. The molecule has 0 saturated carbocycles. The normalized spacial score (nSPS) is 14.3. The number of carbonyl (C=O) groups is 2. The first kappa shape index (κ1) is 13.9. The number of hydrogen-bond acceptors (Lipinski definition) is 3. The minimum absolute atomic E-state index is 0.377. The van der Waals surface area contributed by atoms with Crippen LogP contribution in [-0.4, -0.2) is 29.1 Å². The highest BCUT2D eigenvalue weighted by Crippen LogP contribution is 1.99. The molecule has 1 amide bonds. The maximum atomic E-state index is 11.4. The Bertz CT molecular complexity index is 219. The molecule has 88 valence electrons. The molecule has 0 fully saturated rings. The van der Waals surface area contributed by atoms with Crippen molar-refractivity contribution in [2.24, 2.45) is 5.73 Å². The van der Waals surface area contributed by atoms with Crippen LogP contribution in [0.3, 0.4) is 0 Å². The van der Waals surface area contributed by atoms with Crippen molar-refractivity contribution < 1.29 is 14.7 Å². The molecule has 0 bridgehead atoms. The van der Waals surface area contributed by atoms with E-state index in [0.717, 1.165) is 6.42 Å². The number of aliphatic carboxylic acids is 1. The Labute approximate surface area is 90.0 Å².